The van der Waals surface area contributed by atoms with Crippen LogP contribution in [0.4, 0.5) is 18.9 Å². The number of β-amino-alcohol motifs (C(OH)–C–C–N with tert-alkyl or cyclic N) is 1. The van der Waals surface area contributed by atoms with Gasteiger partial charge in [-0.15, -0.1) is 0 Å². The van der Waals surface area contributed by atoms with E-state index in [9.17, 15) is 26.7 Å². The Bertz CT molecular complexity index is 1050. The summed E-state index contributed by atoms with van der Waals surface area (Å²) in [5.74, 6) is -0.0636. The fourth-order valence-electron chi connectivity index (χ4n) is 2.85. The smallest absolute Gasteiger partial charge is 0.361 e. The van der Waals surface area contributed by atoms with Gasteiger partial charge in [0, 0.05) is 11.3 Å². The van der Waals surface area contributed by atoms with Gasteiger partial charge in [-0.2, -0.15) is 13.2 Å². The number of anilines is 1. The van der Waals surface area contributed by atoms with E-state index >= 15 is 0 Å². The normalized spacial score (nSPS) is 20.4. The summed E-state index contributed by atoms with van der Waals surface area (Å²) < 4.78 is 63.0. The van der Waals surface area contributed by atoms with Crippen molar-refractivity contribution in [3.05, 3.63) is 59.2 Å². The molecule has 1 atom stereocenters. The quantitative estimate of drug-likeness (QED) is 0.808. The Morgan fingerprint density at radius 3 is 2.21 bits per heavy atom. The standard InChI is InChI=1S/C18H18F3N3O3S/c1-11-3-4-13(9-12(11)2)16-23-17(25,18(19,20)21)10-24(16)14-5-7-15(8-6-14)28(22,26)27/h3-9,25H,10H2,1-2H3,(H2,22,26,27). The Morgan fingerprint density at radius 1 is 1.11 bits per heavy atom. The third-order valence-corrected chi connectivity index (χ3v) is 5.55. The average molecular weight is 413 g/mol. The van der Waals surface area contributed by atoms with Gasteiger partial charge < -0.3 is 10.0 Å². The molecule has 0 bridgehead atoms. The van der Waals surface area contributed by atoms with Gasteiger partial charge in [-0.25, -0.2) is 18.5 Å². The second kappa shape index (κ2) is 6.57. The Labute approximate surface area is 160 Å². The van der Waals surface area contributed by atoms with Crippen LogP contribution in [-0.4, -0.2) is 37.8 Å². The van der Waals surface area contributed by atoms with Gasteiger partial charge in [0.2, 0.25) is 10.0 Å². The van der Waals surface area contributed by atoms with E-state index in [1.165, 1.54) is 29.2 Å². The van der Waals surface area contributed by atoms with Crippen LogP contribution >= 0.6 is 0 Å². The van der Waals surface area contributed by atoms with Crippen molar-refractivity contribution in [3.63, 3.8) is 0 Å². The van der Waals surface area contributed by atoms with Gasteiger partial charge in [0.1, 0.15) is 5.84 Å². The predicted octanol–water partition coefficient (Wildman–Crippen LogP) is 2.47. The maximum atomic E-state index is 13.4. The molecule has 0 fully saturated rings. The number of amidine groups is 1. The van der Waals surface area contributed by atoms with E-state index in [1.807, 2.05) is 13.8 Å². The zero-order valence-corrected chi connectivity index (χ0v) is 15.8. The molecule has 6 nitrogen and oxygen atoms in total. The summed E-state index contributed by atoms with van der Waals surface area (Å²) >= 11 is 0. The summed E-state index contributed by atoms with van der Waals surface area (Å²) in [7, 11) is -3.94. The summed E-state index contributed by atoms with van der Waals surface area (Å²) in [6.07, 6.45) is -4.98. The largest absolute Gasteiger partial charge is 0.440 e. The zero-order chi connectivity index (χ0) is 20.9. The Hall–Kier alpha value is -2.43. The Kier molecular flexibility index (Phi) is 4.77. The first-order valence-corrected chi connectivity index (χ1v) is 9.73. The van der Waals surface area contributed by atoms with Crippen molar-refractivity contribution in [3.8, 4) is 0 Å². The summed E-state index contributed by atoms with van der Waals surface area (Å²) in [4.78, 5) is 4.62. The minimum Gasteiger partial charge on any atom is -0.361 e. The summed E-state index contributed by atoms with van der Waals surface area (Å²) in [6, 6.07) is 10.1. The SMILES string of the molecule is Cc1ccc(C2=NC(O)(C(F)(F)F)CN2c2ccc(S(N)(=O)=O)cc2)cc1C. The fourth-order valence-corrected chi connectivity index (χ4v) is 3.36. The lowest BCUT2D eigenvalue weighted by molar-refractivity contribution is -0.249. The molecule has 1 unspecified atom stereocenters. The number of halogens is 3. The van der Waals surface area contributed by atoms with Crippen LogP contribution in [0.1, 0.15) is 16.7 Å². The number of hydrogen-bond acceptors (Lipinski definition) is 5. The van der Waals surface area contributed by atoms with Crippen LogP contribution in [0.2, 0.25) is 0 Å². The van der Waals surface area contributed by atoms with Crippen molar-refractivity contribution in [1.29, 1.82) is 0 Å². The van der Waals surface area contributed by atoms with Gasteiger partial charge in [0.05, 0.1) is 11.4 Å². The molecule has 0 amide bonds. The van der Waals surface area contributed by atoms with Crippen molar-refractivity contribution in [1.82, 2.24) is 0 Å². The molecule has 0 spiro atoms. The zero-order valence-electron chi connectivity index (χ0n) is 15.0. The molecular formula is C18H18F3N3O3S. The first-order chi connectivity index (χ1) is 12.8. The van der Waals surface area contributed by atoms with Crippen molar-refractivity contribution in [2.75, 3.05) is 11.4 Å². The number of alkyl halides is 3. The van der Waals surface area contributed by atoms with Crippen LogP contribution in [0.15, 0.2) is 52.4 Å². The average Bonchev–Trinajstić information content (AvgIpc) is 2.96. The lowest BCUT2D eigenvalue weighted by Crippen LogP contribution is -2.47. The molecule has 1 aliphatic rings. The van der Waals surface area contributed by atoms with Crippen molar-refractivity contribution in [2.24, 2.45) is 10.1 Å². The highest BCUT2D eigenvalue weighted by Crippen LogP contribution is 2.39. The first kappa shape index (κ1) is 20.3. The molecule has 3 N–H and O–H groups in total. The maximum absolute atomic E-state index is 13.4. The fraction of sp³-hybridized carbons (Fsp3) is 0.278. The van der Waals surface area contributed by atoms with Gasteiger partial charge in [-0.3, -0.25) is 0 Å². The number of sulfonamides is 1. The molecule has 0 saturated heterocycles. The highest BCUT2D eigenvalue weighted by molar-refractivity contribution is 7.89. The van der Waals surface area contributed by atoms with E-state index in [1.54, 1.807) is 18.2 Å². The van der Waals surface area contributed by atoms with Crippen LogP contribution in [0.3, 0.4) is 0 Å². The van der Waals surface area contributed by atoms with E-state index in [-0.39, 0.29) is 16.4 Å². The van der Waals surface area contributed by atoms with Crippen molar-refractivity contribution in [2.45, 2.75) is 30.6 Å². The number of benzene rings is 2. The van der Waals surface area contributed by atoms with Crippen LogP contribution in [0, 0.1) is 13.8 Å². The highest BCUT2D eigenvalue weighted by Gasteiger charge is 2.58. The number of nitrogens with zero attached hydrogens (tertiary/aromatic N) is 2. The van der Waals surface area contributed by atoms with Gasteiger partial charge >= 0.3 is 6.18 Å². The molecule has 2 aromatic rings. The lowest BCUT2D eigenvalue weighted by Gasteiger charge is -2.25. The van der Waals surface area contributed by atoms with Gasteiger partial charge in [-0.1, -0.05) is 12.1 Å². The number of aryl methyl sites for hydroxylation is 2. The minimum absolute atomic E-state index is 0.0636. The molecule has 10 heteroatoms. The third-order valence-electron chi connectivity index (χ3n) is 4.62. The number of rotatable bonds is 3. The molecule has 0 saturated carbocycles. The molecule has 3 rings (SSSR count). The molecule has 150 valence electrons. The van der Waals surface area contributed by atoms with E-state index in [0.717, 1.165) is 11.1 Å². The Morgan fingerprint density at radius 2 is 1.71 bits per heavy atom. The van der Waals surface area contributed by atoms with E-state index in [0.29, 0.717) is 5.56 Å². The topological polar surface area (TPSA) is 96.0 Å². The number of hydrogen-bond donors (Lipinski definition) is 2. The molecule has 1 aliphatic heterocycles. The maximum Gasteiger partial charge on any atom is 0.440 e. The summed E-state index contributed by atoms with van der Waals surface area (Å²) in [5.41, 5.74) is -0.826. The summed E-state index contributed by atoms with van der Waals surface area (Å²) in [5, 5.41) is 15.2. The molecule has 28 heavy (non-hydrogen) atoms. The van der Waals surface area contributed by atoms with E-state index < -0.39 is 28.5 Å². The number of aliphatic hydroxyl groups is 1. The van der Waals surface area contributed by atoms with Crippen LogP contribution < -0.4 is 10.0 Å². The second-order valence-electron chi connectivity index (χ2n) is 6.67. The molecule has 0 radical (unpaired) electrons. The number of primary sulfonamides is 1. The molecule has 0 aliphatic carbocycles. The highest BCUT2D eigenvalue weighted by atomic mass is 32.2. The Balaban J connectivity index is 2.10. The van der Waals surface area contributed by atoms with Crippen LogP contribution in [0.5, 0.6) is 0 Å². The van der Waals surface area contributed by atoms with Gasteiger partial charge in [-0.05, 0) is 55.3 Å². The van der Waals surface area contributed by atoms with E-state index in [2.05, 4.69) is 4.99 Å². The molecule has 0 aromatic heterocycles. The van der Waals surface area contributed by atoms with Crippen molar-refractivity contribution < 1.29 is 26.7 Å². The third kappa shape index (κ3) is 3.62. The minimum atomic E-state index is -4.98. The van der Waals surface area contributed by atoms with Crippen molar-refractivity contribution >= 4 is 21.5 Å². The van der Waals surface area contributed by atoms with Crippen LogP contribution in [-0.2, 0) is 10.0 Å². The molecular weight excluding hydrogens is 395 g/mol. The lowest BCUT2D eigenvalue weighted by atomic mass is 10.1. The first-order valence-electron chi connectivity index (χ1n) is 8.19. The monoisotopic (exact) mass is 413 g/mol. The van der Waals surface area contributed by atoms with Crippen LogP contribution in [0.25, 0.3) is 0 Å². The molecule has 1 heterocycles. The predicted molar refractivity (Wildman–Crippen MR) is 98.6 cm³/mol. The van der Waals surface area contributed by atoms with E-state index in [4.69, 9.17) is 5.14 Å². The van der Waals surface area contributed by atoms with Gasteiger partial charge in [0.15, 0.2) is 0 Å². The number of nitrogens with two attached hydrogens (primary N) is 1. The molecule has 2 aromatic carbocycles. The number of aliphatic imine (C=N–C) groups is 1. The summed E-state index contributed by atoms with van der Waals surface area (Å²) in [6.45, 7) is 2.83. The second-order valence-corrected chi connectivity index (χ2v) is 8.24. The van der Waals surface area contributed by atoms with Gasteiger partial charge in [0.25, 0.3) is 5.72 Å².